The van der Waals surface area contributed by atoms with Gasteiger partial charge in [-0.25, -0.2) is 0 Å². The molecule has 1 atom stereocenters. The van der Waals surface area contributed by atoms with Gasteiger partial charge in [0.05, 0.1) is 5.71 Å². The van der Waals surface area contributed by atoms with Crippen LogP contribution in [0.15, 0.2) is 38.1 Å². The Morgan fingerprint density at radius 1 is 1.50 bits per heavy atom. The van der Waals surface area contributed by atoms with Crippen LogP contribution in [0.2, 0.25) is 0 Å². The standard InChI is InChI=1S/C7H4BrN3O/c8-4-1-2-5-6(3-4)9-11-10-7(5)12/h1-3,5H. The van der Waals surface area contributed by atoms with E-state index in [0.717, 1.165) is 4.48 Å². The third-order valence-corrected chi connectivity index (χ3v) is 2.12. The molecule has 1 amide bonds. The lowest BCUT2D eigenvalue weighted by atomic mass is 9.98. The summed E-state index contributed by atoms with van der Waals surface area (Å²) in [5.74, 6) is -0.587. The quantitative estimate of drug-likeness (QED) is 0.621. The average molecular weight is 226 g/mol. The second-order valence-electron chi connectivity index (χ2n) is 2.42. The first-order valence-electron chi connectivity index (χ1n) is 3.35. The number of halogens is 1. The van der Waals surface area contributed by atoms with Crippen molar-refractivity contribution < 1.29 is 4.79 Å². The van der Waals surface area contributed by atoms with Crippen molar-refractivity contribution in [1.29, 1.82) is 0 Å². The van der Waals surface area contributed by atoms with Crippen LogP contribution in [-0.4, -0.2) is 11.6 Å². The molecular weight excluding hydrogens is 222 g/mol. The number of amides is 1. The molecule has 0 fully saturated rings. The van der Waals surface area contributed by atoms with Crippen molar-refractivity contribution in [1.82, 2.24) is 0 Å². The van der Waals surface area contributed by atoms with Gasteiger partial charge in [-0.05, 0) is 11.3 Å². The predicted octanol–water partition coefficient (Wildman–Crippen LogP) is 1.80. The molecule has 1 heterocycles. The summed E-state index contributed by atoms with van der Waals surface area (Å²) in [6.07, 6.45) is 5.33. The molecule has 0 spiro atoms. The second-order valence-corrected chi connectivity index (χ2v) is 3.33. The minimum atomic E-state index is -0.330. The van der Waals surface area contributed by atoms with E-state index in [1.807, 2.05) is 6.08 Å². The Labute approximate surface area is 76.9 Å². The summed E-state index contributed by atoms with van der Waals surface area (Å²) in [4.78, 5) is 11.1. The van der Waals surface area contributed by atoms with Gasteiger partial charge in [-0.3, -0.25) is 4.79 Å². The largest absolute Gasteiger partial charge is 0.279 e. The van der Waals surface area contributed by atoms with Crippen LogP contribution in [0, 0.1) is 5.92 Å². The van der Waals surface area contributed by atoms with Crippen LogP contribution in [0.25, 0.3) is 0 Å². The summed E-state index contributed by atoms with van der Waals surface area (Å²) in [5, 5.41) is 10.4. The van der Waals surface area contributed by atoms with Crippen LogP contribution in [-0.2, 0) is 4.79 Å². The van der Waals surface area contributed by atoms with E-state index in [4.69, 9.17) is 0 Å². The summed E-state index contributed by atoms with van der Waals surface area (Å²) in [6.45, 7) is 0. The third kappa shape index (κ3) is 1.16. The lowest BCUT2D eigenvalue weighted by Crippen LogP contribution is -2.22. The van der Waals surface area contributed by atoms with Gasteiger partial charge in [0.2, 0.25) is 0 Å². The van der Waals surface area contributed by atoms with Crippen molar-refractivity contribution in [2.24, 2.45) is 21.4 Å². The zero-order valence-electron chi connectivity index (χ0n) is 5.94. The van der Waals surface area contributed by atoms with Gasteiger partial charge < -0.3 is 0 Å². The Kier molecular flexibility index (Phi) is 1.73. The van der Waals surface area contributed by atoms with Crippen molar-refractivity contribution in [3.05, 3.63) is 22.7 Å². The van der Waals surface area contributed by atoms with E-state index in [2.05, 4.69) is 31.4 Å². The highest BCUT2D eigenvalue weighted by Gasteiger charge is 2.25. The average Bonchev–Trinajstić information content (AvgIpc) is 2.04. The van der Waals surface area contributed by atoms with Gasteiger partial charge in [0.25, 0.3) is 5.91 Å². The highest BCUT2D eigenvalue weighted by Crippen LogP contribution is 2.21. The van der Waals surface area contributed by atoms with E-state index in [0.29, 0.717) is 5.71 Å². The van der Waals surface area contributed by atoms with E-state index in [1.165, 1.54) is 0 Å². The Balaban J connectivity index is 2.43. The molecular formula is C7H4BrN3O. The normalized spacial score (nSPS) is 26.4. The molecule has 0 N–H and O–H groups in total. The van der Waals surface area contributed by atoms with Crippen LogP contribution >= 0.6 is 15.9 Å². The fraction of sp³-hybridized carbons (Fsp3) is 0.143. The first-order chi connectivity index (χ1) is 5.77. The molecule has 4 nitrogen and oxygen atoms in total. The lowest BCUT2D eigenvalue weighted by Gasteiger charge is -2.13. The number of carbonyl (C=O) groups excluding carboxylic acids is 1. The zero-order valence-corrected chi connectivity index (χ0v) is 7.52. The number of carbonyl (C=O) groups is 1. The van der Waals surface area contributed by atoms with Gasteiger partial charge in [-0.1, -0.05) is 33.2 Å². The van der Waals surface area contributed by atoms with E-state index >= 15 is 0 Å². The molecule has 0 saturated carbocycles. The van der Waals surface area contributed by atoms with Crippen molar-refractivity contribution in [2.45, 2.75) is 0 Å². The van der Waals surface area contributed by atoms with Gasteiger partial charge in [-0.15, -0.1) is 5.10 Å². The molecule has 0 saturated heterocycles. The molecule has 1 unspecified atom stereocenters. The smallest absolute Gasteiger partial charge is 0.270 e. The predicted molar refractivity (Wildman–Crippen MR) is 46.9 cm³/mol. The molecule has 12 heavy (non-hydrogen) atoms. The number of hydrogen-bond acceptors (Lipinski definition) is 3. The topological polar surface area (TPSA) is 54.1 Å². The Morgan fingerprint density at radius 3 is 3.17 bits per heavy atom. The maximum Gasteiger partial charge on any atom is 0.279 e. The summed E-state index contributed by atoms with van der Waals surface area (Å²) in [5.41, 5.74) is 0.643. The minimum absolute atomic E-state index is 0.257. The fourth-order valence-corrected chi connectivity index (χ4v) is 1.43. The Bertz CT molecular complexity index is 354. The zero-order chi connectivity index (χ0) is 8.55. The third-order valence-electron chi connectivity index (χ3n) is 1.62. The molecule has 0 aromatic carbocycles. The molecule has 5 heteroatoms. The number of fused-ring (bicyclic) bond motifs is 1. The van der Waals surface area contributed by atoms with E-state index in [9.17, 15) is 4.79 Å². The fourth-order valence-electron chi connectivity index (χ4n) is 1.05. The minimum Gasteiger partial charge on any atom is -0.270 e. The maximum atomic E-state index is 11.1. The number of allylic oxidation sites excluding steroid dienone is 3. The summed E-state index contributed by atoms with van der Waals surface area (Å²) >= 11 is 3.28. The SMILES string of the molecule is O=C1N=NN=C2C=C(Br)C=CC12. The highest BCUT2D eigenvalue weighted by atomic mass is 79.9. The van der Waals surface area contributed by atoms with Crippen molar-refractivity contribution in [3.63, 3.8) is 0 Å². The van der Waals surface area contributed by atoms with Gasteiger partial charge in [-0.2, -0.15) is 0 Å². The maximum absolute atomic E-state index is 11.1. The van der Waals surface area contributed by atoms with Crippen LogP contribution in [0.3, 0.4) is 0 Å². The molecule has 0 aromatic rings. The van der Waals surface area contributed by atoms with Gasteiger partial charge in [0, 0.05) is 4.48 Å². The van der Waals surface area contributed by atoms with Crippen LogP contribution in [0.1, 0.15) is 0 Å². The van der Waals surface area contributed by atoms with E-state index in [-0.39, 0.29) is 11.8 Å². The van der Waals surface area contributed by atoms with E-state index in [1.54, 1.807) is 12.2 Å². The summed E-state index contributed by atoms with van der Waals surface area (Å²) < 4.78 is 0.891. The van der Waals surface area contributed by atoms with Crippen molar-refractivity contribution in [2.75, 3.05) is 0 Å². The Morgan fingerprint density at radius 2 is 2.33 bits per heavy atom. The number of nitrogens with zero attached hydrogens (tertiary/aromatic N) is 3. The van der Waals surface area contributed by atoms with Crippen LogP contribution in [0.4, 0.5) is 0 Å². The molecule has 0 radical (unpaired) electrons. The molecule has 0 bridgehead atoms. The van der Waals surface area contributed by atoms with Gasteiger partial charge >= 0.3 is 0 Å². The number of rotatable bonds is 0. The first kappa shape index (κ1) is 7.54. The molecule has 0 aromatic heterocycles. The molecule has 1 aliphatic heterocycles. The van der Waals surface area contributed by atoms with Crippen molar-refractivity contribution >= 4 is 27.5 Å². The van der Waals surface area contributed by atoms with E-state index < -0.39 is 0 Å². The second kappa shape index (κ2) is 2.75. The molecule has 2 aliphatic rings. The first-order valence-corrected chi connectivity index (χ1v) is 4.14. The van der Waals surface area contributed by atoms with Crippen molar-refractivity contribution in [3.8, 4) is 0 Å². The molecule has 60 valence electrons. The molecule has 1 aliphatic carbocycles. The summed E-state index contributed by atoms with van der Waals surface area (Å²) in [6, 6.07) is 0. The Hall–Kier alpha value is -1.10. The number of hydrogen-bond donors (Lipinski definition) is 0. The van der Waals surface area contributed by atoms with Gasteiger partial charge in [0.1, 0.15) is 5.92 Å². The monoisotopic (exact) mass is 225 g/mol. The van der Waals surface area contributed by atoms with Crippen LogP contribution < -0.4 is 0 Å². The molecule has 2 rings (SSSR count). The summed E-state index contributed by atoms with van der Waals surface area (Å²) in [7, 11) is 0. The lowest BCUT2D eigenvalue weighted by molar-refractivity contribution is -0.119. The highest BCUT2D eigenvalue weighted by molar-refractivity contribution is 9.11. The van der Waals surface area contributed by atoms with Gasteiger partial charge in [0.15, 0.2) is 0 Å². The van der Waals surface area contributed by atoms with Crippen LogP contribution in [0.5, 0.6) is 0 Å².